The number of nitrogens with zero attached hydrogens (tertiary/aromatic N) is 1. The van der Waals surface area contributed by atoms with E-state index in [-0.39, 0.29) is 11.9 Å². The fraction of sp³-hybridized carbons (Fsp3) is 0.160. The zero-order valence-electron chi connectivity index (χ0n) is 15.9. The van der Waals surface area contributed by atoms with Crippen molar-refractivity contribution in [1.82, 2.24) is 4.90 Å². The topological polar surface area (TPSA) is 20.3 Å². The fourth-order valence-corrected chi connectivity index (χ4v) is 5.30. The molecule has 0 aliphatic carbocycles. The van der Waals surface area contributed by atoms with Gasteiger partial charge in [-0.15, -0.1) is 0 Å². The van der Waals surface area contributed by atoms with Crippen molar-refractivity contribution in [2.45, 2.75) is 17.8 Å². The van der Waals surface area contributed by atoms with Gasteiger partial charge in [-0.1, -0.05) is 0 Å². The Labute approximate surface area is 174 Å². The molecule has 3 aromatic rings. The maximum atomic E-state index is 13.3. The van der Waals surface area contributed by atoms with Crippen molar-refractivity contribution in [3.63, 3.8) is 0 Å². The van der Waals surface area contributed by atoms with Crippen LogP contribution in [0.3, 0.4) is 0 Å². The summed E-state index contributed by atoms with van der Waals surface area (Å²) in [5, 5.41) is 0.971. The molecule has 0 aliphatic rings. The third kappa shape index (κ3) is 5.69. The first-order chi connectivity index (χ1) is 13.8. The van der Waals surface area contributed by atoms with Gasteiger partial charge in [0, 0.05) is 0 Å². The molecule has 0 spiro atoms. The van der Waals surface area contributed by atoms with Gasteiger partial charge in [-0.3, -0.25) is 0 Å². The first kappa shape index (κ1) is 20.1. The normalized spacial score (nSPS) is 11.6. The SMILES string of the molecule is C=CCN(C(=O)c1ccccc1)C(C[Se]c1ccccc1)Cc1ccccc1. The molecule has 142 valence electrons. The van der Waals surface area contributed by atoms with Gasteiger partial charge in [0.2, 0.25) is 0 Å². The van der Waals surface area contributed by atoms with Crippen LogP contribution in [0.4, 0.5) is 0 Å². The standard InChI is InChI=1S/C25H25NOSe/c1-2-18-26(25(27)22-14-8-4-9-15-22)23(19-21-12-6-3-7-13-21)20-28-24-16-10-5-11-17-24/h2-17,23H,1,18-20H2. The summed E-state index contributed by atoms with van der Waals surface area (Å²) in [6.07, 6.45) is 2.68. The molecule has 0 saturated heterocycles. The second kappa shape index (κ2) is 10.7. The Morgan fingerprint density at radius 1 is 0.893 bits per heavy atom. The van der Waals surface area contributed by atoms with E-state index in [1.165, 1.54) is 10.0 Å². The molecule has 0 heterocycles. The minimum absolute atomic E-state index is 0.0743. The number of hydrogen-bond donors (Lipinski definition) is 0. The molecule has 28 heavy (non-hydrogen) atoms. The number of carbonyl (C=O) groups excluding carboxylic acids is 1. The van der Waals surface area contributed by atoms with Gasteiger partial charge in [0.15, 0.2) is 0 Å². The van der Waals surface area contributed by atoms with Crippen LogP contribution >= 0.6 is 0 Å². The molecule has 0 fully saturated rings. The van der Waals surface area contributed by atoms with Crippen LogP contribution in [0.1, 0.15) is 15.9 Å². The zero-order chi connectivity index (χ0) is 19.6. The molecule has 1 unspecified atom stereocenters. The van der Waals surface area contributed by atoms with Crippen molar-refractivity contribution in [3.05, 3.63) is 115 Å². The molecule has 0 radical (unpaired) electrons. The molecule has 0 aliphatic heterocycles. The molecule has 3 heteroatoms. The minimum atomic E-state index is 0.0743. The molecule has 0 saturated carbocycles. The fourth-order valence-electron chi connectivity index (χ4n) is 3.14. The summed E-state index contributed by atoms with van der Waals surface area (Å²) >= 11 is 0.303. The summed E-state index contributed by atoms with van der Waals surface area (Å²) in [5.74, 6) is 0.0743. The molecular weight excluding hydrogens is 409 g/mol. The summed E-state index contributed by atoms with van der Waals surface area (Å²) in [6.45, 7) is 4.45. The van der Waals surface area contributed by atoms with E-state index in [0.29, 0.717) is 21.5 Å². The Kier molecular flexibility index (Phi) is 7.66. The predicted molar refractivity (Wildman–Crippen MR) is 118 cm³/mol. The van der Waals surface area contributed by atoms with Gasteiger partial charge in [0.05, 0.1) is 0 Å². The van der Waals surface area contributed by atoms with Gasteiger partial charge in [-0.2, -0.15) is 0 Å². The van der Waals surface area contributed by atoms with E-state index < -0.39 is 0 Å². The van der Waals surface area contributed by atoms with Crippen LogP contribution in [0.15, 0.2) is 104 Å². The second-order valence-electron chi connectivity index (χ2n) is 6.58. The Bertz CT molecular complexity index is 865. The van der Waals surface area contributed by atoms with E-state index >= 15 is 0 Å². The van der Waals surface area contributed by atoms with E-state index in [1.54, 1.807) is 0 Å². The molecule has 1 amide bonds. The Morgan fingerprint density at radius 2 is 1.46 bits per heavy atom. The van der Waals surface area contributed by atoms with Gasteiger partial charge in [0.1, 0.15) is 0 Å². The van der Waals surface area contributed by atoms with E-state index in [4.69, 9.17) is 0 Å². The molecule has 0 bridgehead atoms. The van der Waals surface area contributed by atoms with E-state index in [9.17, 15) is 4.79 Å². The van der Waals surface area contributed by atoms with Crippen LogP contribution in [0, 0.1) is 0 Å². The number of benzene rings is 3. The predicted octanol–water partition coefficient (Wildman–Crippen LogP) is 4.37. The monoisotopic (exact) mass is 435 g/mol. The number of rotatable bonds is 9. The van der Waals surface area contributed by atoms with E-state index in [1.807, 2.05) is 53.4 Å². The summed E-state index contributed by atoms with van der Waals surface area (Å²) in [5.41, 5.74) is 1.99. The van der Waals surface area contributed by atoms with Crippen LogP contribution in [0.5, 0.6) is 0 Å². The molecule has 3 rings (SSSR count). The first-order valence-electron chi connectivity index (χ1n) is 9.46. The summed E-state index contributed by atoms with van der Waals surface area (Å²) in [4.78, 5) is 15.2. The van der Waals surface area contributed by atoms with Crippen molar-refractivity contribution in [1.29, 1.82) is 0 Å². The Morgan fingerprint density at radius 3 is 2.07 bits per heavy atom. The number of amides is 1. The third-order valence-electron chi connectivity index (χ3n) is 4.55. The van der Waals surface area contributed by atoms with Crippen molar-refractivity contribution in [2.24, 2.45) is 0 Å². The maximum absolute atomic E-state index is 13.3. The number of hydrogen-bond acceptors (Lipinski definition) is 1. The Balaban J connectivity index is 1.84. The zero-order valence-corrected chi connectivity index (χ0v) is 17.6. The van der Waals surface area contributed by atoms with Gasteiger partial charge in [-0.05, 0) is 0 Å². The van der Waals surface area contributed by atoms with Crippen LogP contribution < -0.4 is 4.46 Å². The quantitative estimate of drug-likeness (QED) is 0.362. The van der Waals surface area contributed by atoms with Crippen LogP contribution in [0.2, 0.25) is 5.32 Å². The first-order valence-corrected chi connectivity index (χ1v) is 11.5. The molecule has 0 N–H and O–H groups in total. The second-order valence-corrected chi connectivity index (χ2v) is 8.87. The third-order valence-corrected chi connectivity index (χ3v) is 6.98. The van der Waals surface area contributed by atoms with Crippen LogP contribution in [0.25, 0.3) is 0 Å². The molecule has 1 atom stereocenters. The molecule has 2 nitrogen and oxygen atoms in total. The van der Waals surface area contributed by atoms with Gasteiger partial charge >= 0.3 is 174 Å². The summed E-state index contributed by atoms with van der Waals surface area (Å²) < 4.78 is 1.36. The molecular formula is C25H25NOSe. The average molecular weight is 434 g/mol. The van der Waals surface area contributed by atoms with Crippen molar-refractivity contribution < 1.29 is 4.79 Å². The van der Waals surface area contributed by atoms with Gasteiger partial charge in [0.25, 0.3) is 0 Å². The van der Waals surface area contributed by atoms with E-state index in [0.717, 1.165) is 17.3 Å². The molecule has 3 aromatic carbocycles. The van der Waals surface area contributed by atoms with E-state index in [2.05, 4.69) is 55.1 Å². The van der Waals surface area contributed by atoms with Crippen molar-refractivity contribution in [2.75, 3.05) is 6.54 Å². The van der Waals surface area contributed by atoms with Crippen LogP contribution in [-0.4, -0.2) is 38.4 Å². The van der Waals surface area contributed by atoms with Gasteiger partial charge < -0.3 is 0 Å². The van der Waals surface area contributed by atoms with Gasteiger partial charge in [-0.25, -0.2) is 0 Å². The van der Waals surface area contributed by atoms with Crippen LogP contribution in [-0.2, 0) is 6.42 Å². The van der Waals surface area contributed by atoms with Crippen molar-refractivity contribution >= 4 is 25.3 Å². The average Bonchev–Trinajstić information content (AvgIpc) is 2.77. The van der Waals surface area contributed by atoms with Crippen molar-refractivity contribution in [3.8, 4) is 0 Å². The summed E-state index contributed by atoms with van der Waals surface area (Å²) in [6, 6.07) is 30.7. The number of carbonyl (C=O) groups is 1. The molecule has 0 aromatic heterocycles. The summed E-state index contributed by atoms with van der Waals surface area (Å²) in [7, 11) is 0. The Hall–Kier alpha value is -2.61.